The van der Waals surface area contributed by atoms with E-state index in [0.29, 0.717) is 17.5 Å². The Kier molecular flexibility index (Phi) is 6.33. The first kappa shape index (κ1) is 28.3. The average Bonchev–Trinajstić information content (AvgIpc) is 3.49. The highest BCUT2D eigenvalue weighted by Crippen LogP contribution is 2.62. The highest BCUT2D eigenvalue weighted by atomic mass is 16.5. The predicted molar refractivity (Wildman–Crippen MR) is 197 cm³/mol. The van der Waals surface area contributed by atoms with Crippen molar-refractivity contribution in [3.8, 4) is 67.9 Å². The third kappa shape index (κ3) is 4.27. The van der Waals surface area contributed by atoms with Crippen molar-refractivity contribution >= 4 is 0 Å². The van der Waals surface area contributed by atoms with Crippen LogP contribution in [0.2, 0.25) is 0 Å². The molecule has 0 bridgehead atoms. The Morgan fingerprint density at radius 3 is 1.62 bits per heavy atom. The van der Waals surface area contributed by atoms with E-state index in [0.717, 1.165) is 50.4 Å². The third-order valence-corrected chi connectivity index (χ3v) is 9.91. The quantitative estimate of drug-likeness (QED) is 0.192. The molecule has 0 radical (unpaired) electrons. The highest BCUT2D eigenvalue weighted by Gasteiger charge is 2.51. The van der Waals surface area contributed by atoms with Crippen molar-refractivity contribution in [1.82, 2.24) is 19.9 Å². The molecule has 6 aromatic carbocycles. The Hall–Kier alpha value is -6.72. The largest absolute Gasteiger partial charge is 0.457 e. The molecule has 234 valence electrons. The van der Waals surface area contributed by atoms with Crippen LogP contribution in [-0.4, -0.2) is 19.9 Å². The molecule has 0 saturated carbocycles. The number of pyridine rings is 1. The van der Waals surface area contributed by atoms with Gasteiger partial charge in [0.1, 0.15) is 11.5 Å². The van der Waals surface area contributed by atoms with Gasteiger partial charge in [-0.2, -0.15) is 0 Å². The summed E-state index contributed by atoms with van der Waals surface area (Å²) in [6.45, 7) is 0. The van der Waals surface area contributed by atoms with Crippen LogP contribution in [0.25, 0.3) is 56.4 Å². The first-order valence-corrected chi connectivity index (χ1v) is 16.7. The second-order valence-corrected chi connectivity index (χ2v) is 12.6. The Morgan fingerprint density at radius 2 is 0.900 bits per heavy atom. The van der Waals surface area contributed by atoms with Gasteiger partial charge in [0.05, 0.1) is 5.41 Å². The van der Waals surface area contributed by atoms with Gasteiger partial charge in [0.2, 0.25) is 0 Å². The van der Waals surface area contributed by atoms with Gasteiger partial charge in [0.15, 0.2) is 17.5 Å². The van der Waals surface area contributed by atoms with Crippen molar-refractivity contribution < 1.29 is 4.74 Å². The predicted octanol–water partition coefficient (Wildman–Crippen LogP) is 10.4. The van der Waals surface area contributed by atoms with Crippen LogP contribution >= 0.6 is 0 Å². The van der Waals surface area contributed by atoms with Crippen molar-refractivity contribution in [2.75, 3.05) is 0 Å². The summed E-state index contributed by atoms with van der Waals surface area (Å²) in [6, 6.07) is 54.7. The Morgan fingerprint density at radius 1 is 0.360 bits per heavy atom. The maximum absolute atomic E-state index is 6.67. The number of hydrogen-bond donors (Lipinski definition) is 0. The van der Waals surface area contributed by atoms with E-state index < -0.39 is 5.41 Å². The molecule has 1 spiro atoms. The fourth-order valence-electron chi connectivity index (χ4n) is 7.73. The molecule has 0 fully saturated rings. The van der Waals surface area contributed by atoms with Crippen LogP contribution < -0.4 is 4.74 Å². The Labute approximate surface area is 289 Å². The summed E-state index contributed by atoms with van der Waals surface area (Å²) in [7, 11) is 0. The van der Waals surface area contributed by atoms with Gasteiger partial charge in [-0.15, -0.1) is 0 Å². The summed E-state index contributed by atoms with van der Waals surface area (Å²) < 4.78 is 6.67. The van der Waals surface area contributed by atoms with Crippen molar-refractivity contribution in [3.63, 3.8) is 0 Å². The van der Waals surface area contributed by atoms with Gasteiger partial charge in [0.25, 0.3) is 0 Å². The SMILES string of the molecule is c1ccc(-c2nc(-c3cccc(-c4ccncc4)c3)nc(-c3ccc4c(c3)C3(c5ccccc5O4)c4ccccc4-c4ccccc43)n2)cc1. The molecule has 5 heteroatoms. The molecule has 2 aromatic heterocycles. The zero-order chi connectivity index (χ0) is 33.1. The number of para-hydroxylation sites is 1. The lowest BCUT2D eigenvalue weighted by atomic mass is 9.66. The fraction of sp³-hybridized carbons (Fsp3) is 0.0222. The number of rotatable bonds is 4. The van der Waals surface area contributed by atoms with Gasteiger partial charge in [-0.05, 0) is 75.8 Å². The zero-order valence-corrected chi connectivity index (χ0v) is 26.9. The summed E-state index contributed by atoms with van der Waals surface area (Å²) in [5, 5.41) is 0. The molecule has 50 heavy (non-hydrogen) atoms. The van der Waals surface area contributed by atoms with Crippen LogP contribution in [0.5, 0.6) is 11.5 Å². The molecule has 1 aliphatic heterocycles. The number of hydrogen-bond acceptors (Lipinski definition) is 5. The van der Waals surface area contributed by atoms with E-state index in [1.54, 1.807) is 0 Å². The number of aromatic nitrogens is 4. The van der Waals surface area contributed by atoms with E-state index in [9.17, 15) is 0 Å². The van der Waals surface area contributed by atoms with Gasteiger partial charge in [0, 0.05) is 40.2 Å². The Bertz CT molecular complexity index is 2540. The second-order valence-electron chi connectivity index (χ2n) is 12.6. The third-order valence-electron chi connectivity index (χ3n) is 9.91. The van der Waals surface area contributed by atoms with Crippen LogP contribution in [0.4, 0.5) is 0 Å². The van der Waals surface area contributed by atoms with E-state index in [1.807, 2.05) is 67.0 Å². The first-order valence-electron chi connectivity index (χ1n) is 16.7. The summed E-state index contributed by atoms with van der Waals surface area (Å²) in [5.41, 5.74) is 11.4. The summed E-state index contributed by atoms with van der Waals surface area (Å²) >= 11 is 0. The van der Waals surface area contributed by atoms with Crippen molar-refractivity contribution in [1.29, 1.82) is 0 Å². The monoisotopic (exact) mass is 640 g/mol. The highest BCUT2D eigenvalue weighted by molar-refractivity contribution is 5.89. The minimum Gasteiger partial charge on any atom is -0.457 e. The van der Waals surface area contributed by atoms with E-state index in [4.69, 9.17) is 19.7 Å². The standard InChI is InChI=1S/C45H28N4O/c1-2-11-30(12-3-1)42-47-43(32-14-10-13-31(27-32)29-23-25-46-26-24-29)49-44(48-42)33-21-22-41-39(28-33)45(38-19-8-9-20-40(38)50-41)36-17-6-4-15-34(36)35-16-5-7-18-37(35)45/h1-28H. The number of fused-ring (bicyclic) bond motifs is 9. The topological polar surface area (TPSA) is 60.8 Å². The van der Waals surface area contributed by atoms with E-state index in [2.05, 4.69) is 108 Å². The van der Waals surface area contributed by atoms with Crippen LogP contribution in [0.15, 0.2) is 170 Å². The molecule has 5 nitrogen and oxygen atoms in total. The van der Waals surface area contributed by atoms with Crippen molar-refractivity contribution in [3.05, 3.63) is 192 Å². The molecule has 0 amide bonds. The second kappa shape index (κ2) is 11.2. The summed E-state index contributed by atoms with van der Waals surface area (Å²) in [6.07, 6.45) is 3.62. The Balaban J connectivity index is 1.21. The maximum Gasteiger partial charge on any atom is 0.164 e. The van der Waals surface area contributed by atoms with Crippen LogP contribution in [-0.2, 0) is 5.41 Å². The number of ether oxygens (including phenoxy) is 1. The summed E-state index contributed by atoms with van der Waals surface area (Å²) in [5.74, 6) is 3.50. The number of nitrogens with zero attached hydrogens (tertiary/aromatic N) is 4. The molecule has 3 heterocycles. The normalized spacial score (nSPS) is 13.1. The molecule has 0 unspecified atom stereocenters. The smallest absolute Gasteiger partial charge is 0.164 e. The number of benzene rings is 6. The van der Waals surface area contributed by atoms with Gasteiger partial charge >= 0.3 is 0 Å². The first-order chi connectivity index (χ1) is 24.8. The zero-order valence-electron chi connectivity index (χ0n) is 26.9. The molecule has 0 N–H and O–H groups in total. The average molecular weight is 641 g/mol. The van der Waals surface area contributed by atoms with Crippen LogP contribution in [0.1, 0.15) is 22.3 Å². The van der Waals surface area contributed by atoms with E-state index in [-0.39, 0.29) is 0 Å². The minimum absolute atomic E-state index is 0.579. The molecule has 10 rings (SSSR count). The molecule has 8 aromatic rings. The molecular weight excluding hydrogens is 613 g/mol. The lowest BCUT2D eigenvalue weighted by Crippen LogP contribution is -2.32. The molecule has 0 saturated heterocycles. The van der Waals surface area contributed by atoms with Gasteiger partial charge in [-0.3, -0.25) is 4.98 Å². The van der Waals surface area contributed by atoms with Crippen molar-refractivity contribution in [2.45, 2.75) is 5.41 Å². The molecular formula is C45H28N4O. The van der Waals surface area contributed by atoms with Crippen LogP contribution in [0, 0.1) is 0 Å². The molecule has 0 atom stereocenters. The van der Waals surface area contributed by atoms with E-state index >= 15 is 0 Å². The van der Waals surface area contributed by atoms with Gasteiger partial charge in [-0.25, -0.2) is 15.0 Å². The lowest BCUT2D eigenvalue weighted by Gasteiger charge is -2.39. The van der Waals surface area contributed by atoms with Gasteiger partial charge in [-0.1, -0.05) is 115 Å². The summed E-state index contributed by atoms with van der Waals surface area (Å²) in [4.78, 5) is 19.5. The maximum atomic E-state index is 6.67. The molecule has 1 aliphatic carbocycles. The fourth-order valence-corrected chi connectivity index (χ4v) is 7.73. The lowest BCUT2D eigenvalue weighted by molar-refractivity contribution is 0.436. The molecule has 2 aliphatic rings. The van der Waals surface area contributed by atoms with Crippen molar-refractivity contribution in [2.24, 2.45) is 0 Å². The van der Waals surface area contributed by atoms with E-state index in [1.165, 1.54) is 22.3 Å². The minimum atomic E-state index is -0.579. The van der Waals surface area contributed by atoms with Crippen LogP contribution in [0.3, 0.4) is 0 Å². The van der Waals surface area contributed by atoms with Gasteiger partial charge < -0.3 is 4.74 Å².